The Morgan fingerprint density at radius 3 is 2.58 bits per heavy atom. The summed E-state index contributed by atoms with van der Waals surface area (Å²) in [5.41, 5.74) is 2.78. The van der Waals surface area contributed by atoms with Crippen molar-refractivity contribution in [3.05, 3.63) is 66.4 Å². The first kappa shape index (κ1) is 20.6. The third-order valence-electron chi connectivity index (χ3n) is 5.46. The van der Waals surface area contributed by atoms with Crippen LogP contribution in [0, 0.1) is 5.92 Å². The van der Waals surface area contributed by atoms with Crippen LogP contribution < -0.4 is 15.1 Å². The number of nitrogens with zero attached hydrogens (tertiary/aromatic N) is 3. The predicted molar refractivity (Wildman–Crippen MR) is 110 cm³/mol. The van der Waals surface area contributed by atoms with Gasteiger partial charge in [0.1, 0.15) is 5.95 Å². The van der Waals surface area contributed by atoms with Crippen molar-refractivity contribution in [3.8, 4) is 17.1 Å². The van der Waals surface area contributed by atoms with E-state index in [0.717, 1.165) is 30.2 Å². The van der Waals surface area contributed by atoms with Crippen LogP contribution in [0.1, 0.15) is 23.2 Å². The number of nitrogens with one attached hydrogen (secondary N) is 1. The average molecular weight is 420 g/mol. The lowest BCUT2D eigenvalue weighted by atomic mass is 9.97. The maximum atomic E-state index is 12.6. The lowest BCUT2D eigenvalue weighted by Gasteiger charge is -2.32. The van der Waals surface area contributed by atoms with E-state index in [1.54, 1.807) is 4.90 Å². The molecule has 1 saturated heterocycles. The quantitative estimate of drug-likeness (QED) is 0.607. The topological polar surface area (TPSA) is 102 Å². The predicted octanol–water partition coefficient (Wildman–Crippen LogP) is 1.37. The van der Waals surface area contributed by atoms with Crippen LogP contribution in [-0.2, 0) is 11.3 Å². The molecule has 0 radical (unpaired) electrons. The molecule has 1 aliphatic rings. The van der Waals surface area contributed by atoms with E-state index in [2.05, 4.69) is 15.1 Å². The molecule has 0 spiro atoms. The lowest BCUT2D eigenvalue weighted by Crippen LogP contribution is -2.49. The first-order chi connectivity index (χ1) is 15.1. The summed E-state index contributed by atoms with van der Waals surface area (Å²) >= 11 is 0. The monoisotopic (exact) mass is 420 g/mol. The van der Waals surface area contributed by atoms with Crippen LogP contribution in [0.4, 0.5) is 0 Å². The standard InChI is InChI=1S/C23H24N4O4/c28-21(15-27-16-22(29)31-25-27)26-12-4-5-17(14-26)13-24-23(30)20-10-8-19(9-11-20)18-6-2-1-3-7-18/h1-3,6-11,16-17H,4-5,12-15H2,(H-,24,25,29,30). The van der Waals surface area contributed by atoms with Gasteiger partial charge >= 0.3 is 0 Å². The molecule has 1 unspecified atom stereocenters. The van der Waals surface area contributed by atoms with Gasteiger partial charge in [0.05, 0.1) is 5.27 Å². The second-order valence-corrected chi connectivity index (χ2v) is 7.72. The third-order valence-corrected chi connectivity index (χ3v) is 5.46. The molecule has 2 amide bonds. The summed E-state index contributed by atoms with van der Waals surface area (Å²) < 4.78 is 5.66. The van der Waals surface area contributed by atoms with Gasteiger partial charge in [-0.15, -0.1) is 0 Å². The van der Waals surface area contributed by atoms with Gasteiger partial charge in [-0.25, -0.2) is 0 Å². The van der Waals surface area contributed by atoms with Crippen molar-refractivity contribution in [3.63, 3.8) is 0 Å². The molecular formula is C23H24N4O4. The summed E-state index contributed by atoms with van der Waals surface area (Å²) in [6, 6.07) is 17.6. The minimum atomic E-state index is -0.580. The molecule has 8 heteroatoms. The van der Waals surface area contributed by atoms with Gasteiger partial charge in [-0.3, -0.25) is 9.59 Å². The number of benzene rings is 2. The maximum absolute atomic E-state index is 12.6. The minimum Gasteiger partial charge on any atom is -0.539 e. The van der Waals surface area contributed by atoms with Gasteiger partial charge in [-0.1, -0.05) is 47.1 Å². The van der Waals surface area contributed by atoms with E-state index < -0.39 is 5.95 Å². The van der Waals surface area contributed by atoms with Crippen LogP contribution in [0.25, 0.3) is 11.1 Å². The van der Waals surface area contributed by atoms with Crippen molar-refractivity contribution in [2.75, 3.05) is 19.6 Å². The Morgan fingerprint density at radius 2 is 1.87 bits per heavy atom. The zero-order valence-electron chi connectivity index (χ0n) is 17.1. The number of likely N-dealkylation sites (tertiary alicyclic amines) is 1. The summed E-state index contributed by atoms with van der Waals surface area (Å²) in [6.07, 6.45) is 2.97. The van der Waals surface area contributed by atoms with Crippen molar-refractivity contribution in [2.45, 2.75) is 19.4 Å². The Balaban J connectivity index is 1.28. The smallest absolute Gasteiger partial charge is 0.291 e. The van der Waals surface area contributed by atoms with Gasteiger partial charge in [0.25, 0.3) is 18.4 Å². The first-order valence-electron chi connectivity index (χ1n) is 10.3. The average Bonchev–Trinajstić information content (AvgIpc) is 3.22. The Morgan fingerprint density at radius 1 is 1.13 bits per heavy atom. The second kappa shape index (κ2) is 9.42. The molecule has 2 aromatic carbocycles. The highest BCUT2D eigenvalue weighted by atomic mass is 16.6. The lowest BCUT2D eigenvalue weighted by molar-refractivity contribution is -0.751. The van der Waals surface area contributed by atoms with Gasteiger partial charge in [0, 0.05) is 25.2 Å². The van der Waals surface area contributed by atoms with Crippen LogP contribution in [-0.4, -0.2) is 41.6 Å². The molecular weight excluding hydrogens is 396 g/mol. The summed E-state index contributed by atoms with van der Waals surface area (Å²) in [4.78, 5) is 26.8. The number of rotatable bonds is 6. The summed E-state index contributed by atoms with van der Waals surface area (Å²) in [7, 11) is 0. The minimum absolute atomic E-state index is 0.0292. The zero-order valence-corrected chi connectivity index (χ0v) is 17.1. The molecule has 160 valence electrons. The molecule has 1 N–H and O–H groups in total. The first-order valence-corrected chi connectivity index (χ1v) is 10.3. The highest BCUT2D eigenvalue weighted by molar-refractivity contribution is 5.94. The van der Waals surface area contributed by atoms with Gasteiger partial charge < -0.3 is 19.8 Å². The van der Waals surface area contributed by atoms with E-state index in [4.69, 9.17) is 0 Å². The molecule has 1 aliphatic heterocycles. The summed E-state index contributed by atoms with van der Waals surface area (Å²) in [6.45, 7) is 1.70. The molecule has 0 bridgehead atoms. The molecule has 2 heterocycles. The molecule has 0 aliphatic carbocycles. The largest absolute Gasteiger partial charge is 0.539 e. The molecule has 1 fully saturated rings. The van der Waals surface area contributed by atoms with Gasteiger partial charge in [0.2, 0.25) is 6.20 Å². The Labute approximate surface area is 180 Å². The van der Waals surface area contributed by atoms with Crippen LogP contribution >= 0.6 is 0 Å². The molecule has 31 heavy (non-hydrogen) atoms. The van der Waals surface area contributed by atoms with Crippen molar-refractivity contribution < 1.29 is 23.9 Å². The molecule has 1 aromatic heterocycles. The van der Waals surface area contributed by atoms with E-state index >= 15 is 0 Å². The summed E-state index contributed by atoms with van der Waals surface area (Å²) in [5, 5.41) is 17.5. The van der Waals surface area contributed by atoms with Gasteiger partial charge in [0.15, 0.2) is 0 Å². The molecule has 8 nitrogen and oxygen atoms in total. The normalized spacial score (nSPS) is 16.1. The van der Waals surface area contributed by atoms with E-state index in [0.29, 0.717) is 25.2 Å². The highest BCUT2D eigenvalue weighted by Gasteiger charge is 2.26. The molecule has 3 aromatic rings. The van der Waals surface area contributed by atoms with Crippen LogP contribution in [0.15, 0.2) is 65.3 Å². The maximum Gasteiger partial charge on any atom is 0.291 e. The fraction of sp³-hybridized carbons (Fsp3) is 0.304. The van der Waals surface area contributed by atoms with E-state index in [1.165, 1.54) is 4.68 Å². The van der Waals surface area contributed by atoms with Crippen LogP contribution in [0.2, 0.25) is 0 Å². The molecule has 4 rings (SSSR count). The Kier molecular flexibility index (Phi) is 6.26. The number of aromatic nitrogens is 2. The number of carbonyl (C=O) groups excluding carboxylic acids is 2. The van der Waals surface area contributed by atoms with E-state index in [1.807, 2.05) is 54.6 Å². The SMILES string of the molecule is O=C(NCC1CCCN(C(=O)C[n+]2cc([O-])on2)C1)c1ccc(-c2ccccc2)cc1. The molecule has 0 saturated carbocycles. The van der Waals surface area contributed by atoms with Crippen LogP contribution in [0.3, 0.4) is 0 Å². The Bertz CT molecular complexity index is 1030. The van der Waals surface area contributed by atoms with Crippen molar-refractivity contribution in [2.24, 2.45) is 5.92 Å². The van der Waals surface area contributed by atoms with E-state index in [-0.39, 0.29) is 24.3 Å². The number of piperidine rings is 1. The number of hydrogen-bond donors (Lipinski definition) is 1. The van der Waals surface area contributed by atoms with Crippen molar-refractivity contribution >= 4 is 11.8 Å². The number of hydrogen-bond acceptors (Lipinski definition) is 5. The third kappa shape index (κ3) is 5.28. The fourth-order valence-corrected chi connectivity index (χ4v) is 3.82. The van der Waals surface area contributed by atoms with Gasteiger partial charge in [-0.05, 0) is 42.0 Å². The van der Waals surface area contributed by atoms with Crippen molar-refractivity contribution in [1.82, 2.24) is 15.5 Å². The van der Waals surface area contributed by atoms with Crippen LogP contribution in [0.5, 0.6) is 5.95 Å². The number of amides is 2. The Hall–Kier alpha value is -3.68. The zero-order chi connectivity index (χ0) is 21.6. The fourth-order valence-electron chi connectivity index (χ4n) is 3.82. The van der Waals surface area contributed by atoms with Gasteiger partial charge in [-0.2, -0.15) is 0 Å². The summed E-state index contributed by atoms with van der Waals surface area (Å²) in [5.74, 6) is -0.638. The molecule has 1 atom stereocenters. The van der Waals surface area contributed by atoms with E-state index in [9.17, 15) is 14.7 Å². The number of carbonyl (C=O) groups is 2. The highest BCUT2D eigenvalue weighted by Crippen LogP contribution is 2.20. The van der Waals surface area contributed by atoms with Crippen molar-refractivity contribution in [1.29, 1.82) is 0 Å². The second-order valence-electron chi connectivity index (χ2n) is 7.72.